The summed E-state index contributed by atoms with van der Waals surface area (Å²) in [6, 6.07) is 15.9. The molecule has 2 aromatic carbocycles. The predicted molar refractivity (Wildman–Crippen MR) is 114 cm³/mol. The molecular weight excluding hydrogens is 411 g/mol. The lowest BCUT2D eigenvalue weighted by atomic mass is 9.90. The summed E-state index contributed by atoms with van der Waals surface area (Å²) in [7, 11) is 0. The van der Waals surface area contributed by atoms with Crippen molar-refractivity contribution in [1.82, 2.24) is 20.5 Å². The lowest BCUT2D eigenvalue weighted by Gasteiger charge is -2.19. The molecule has 2 aromatic heterocycles. The van der Waals surface area contributed by atoms with Gasteiger partial charge in [-0.25, -0.2) is 5.10 Å². The SMILES string of the molecule is O=C(NCC(c1ccc(Cl)cc1Cl)c1c[nH]c2ccccc12)c1ccc(=O)[nH]n1. The number of nitrogens with one attached hydrogen (secondary N) is 3. The molecule has 8 heteroatoms. The molecule has 0 bridgehead atoms. The van der Waals surface area contributed by atoms with E-state index in [1.54, 1.807) is 12.1 Å². The maximum atomic E-state index is 12.5. The molecule has 1 unspecified atom stereocenters. The van der Waals surface area contributed by atoms with Crippen molar-refractivity contribution in [2.75, 3.05) is 6.54 Å². The Balaban J connectivity index is 1.69. The van der Waals surface area contributed by atoms with Gasteiger partial charge in [0.2, 0.25) is 0 Å². The van der Waals surface area contributed by atoms with Gasteiger partial charge >= 0.3 is 0 Å². The molecule has 146 valence electrons. The maximum absolute atomic E-state index is 12.5. The Labute approximate surface area is 175 Å². The van der Waals surface area contributed by atoms with Gasteiger partial charge in [0.25, 0.3) is 11.5 Å². The summed E-state index contributed by atoms with van der Waals surface area (Å²) in [4.78, 5) is 26.9. The molecule has 1 amide bonds. The van der Waals surface area contributed by atoms with E-state index >= 15 is 0 Å². The number of benzene rings is 2. The van der Waals surface area contributed by atoms with Crippen LogP contribution in [-0.2, 0) is 0 Å². The van der Waals surface area contributed by atoms with Gasteiger partial charge in [-0.15, -0.1) is 0 Å². The number of carbonyl (C=O) groups excluding carboxylic acids is 1. The minimum absolute atomic E-state index is 0.129. The predicted octanol–water partition coefficient (Wildman–Crippen LogP) is 4.12. The van der Waals surface area contributed by atoms with Crippen molar-refractivity contribution < 1.29 is 4.79 Å². The minimum Gasteiger partial charge on any atom is -0.361 e. The first-order valence-corrected chi connectivity index (χ1v) is 9.63. The van der Waals surface area contributed by atoms with Crippen LogP contribution in [0.25, 0.3) is 10.9 Å². The van der Waals surface area contributed by atoms with E-state index in [0.717, 1.165) is 22.0 Å². The van der Waals surface area contributed by atoms with Gasteiger partial charge in [0.15, 0.2) is 0 Å². The summed E-state index contributed by atoms with van der Waals surface area (Å²) in [6.07, 6.45) is 1.92. The molecule has 0 saturated heterocycles. The topological polar surface area (TPSA) is 90.6 Å². The van der Waals surface area contributed by atoms with Crippen molar-refractivity contribution in [2.24, 2.45) is 0 Å². The molecular formula is C21H16Cl2N4O2. The van der Waals surface area contributed by atoms with Gasteiger partial charge in [0.1, 0.15) is 5.69 Å². The minimum atomic E-state index is -0.392. The number of H-pyrrole nitrogens is 2. The first kappa shape index (κ1) is 19.2. The molecule has 0 fully saturated rings. The highest BCUT2D eigenvalue weighted by Gasteiger charge is 2.22. The first-order chi connectivity index (χ1) is 14.0. The number of aromatic nitrogens is 3. The van der Waals surface area contributed by atoms with E-state index in [4.69, 9.17) is 23.2 Å². The molecule has 4 rings (SSSR count). The zero-order chi connectivity index (χ0) is 20.4. The van der Waals surface area contributed by atoms with Crippen molar-refractivity contribution in [1.29, 1.82) is 0 Å². The number of fused-ring (bicyclic) bond motifs is 1. The number of hydrogen-bond acceptors (Lipinski definition) is 3. The Hall–Kier alpha value is -3.09. The van der Waals surface area contributed by atoms with Crippen LogP contribution in [0.2, 0.25) is 10.0 Å². The quantitative estimate of drug-likeness (QED) is 0.448. The fourth-order valence-electron chi connectivity index (χ4n) is 3.31. The van der Waals surface area contributed by atoms with Crippen LogP contribution < -0.4 is 10.9 Å². The molecule has 29 heavy (non-hydrogen) atoms. The zero-order valence-electron chi connectivity index (χ0n) is 15.1. The number of para-hydroxylation sites is 1. The van der Waals surface area contributed by atoms with Crippen LogP contribution in [0.1, 0.15) is 27.5 Å². The van der Waals surface area contributed by atoms with Crippen LogP contribution in [0.4, 0.5) is 0 Å². The van der Waals surface area contributed by atoms with Crippen molar-refractivity contribution in [2.45, 2.75) is 5.92 Å². The lowest BCUT2D eigenvalue weighted by molar-refractivity contribution is 0.0946. The monoisotopic (exact) mass is 426 g/mol. The van der Waals surface area contributed by atoms with Gasteiger partial charge < -0.3 is 10.3 Å². The molecule has 3 N–H and O–H groups in total. The number of carbonyl (C=O) groups is 1. The number of hydrogen-bond donors (Lipinski definition) is 3. The van der Waals surface area contributed by atoms with Crippen LogP contribution in [-0.4, -0.2) is 27.6 Å². The molecule has 2 heterocycles. The molecule has 1 atom stereocenters. The number of amides is 1. The first-order valence-electron chi connectivity index (χ1n) is 8.88. The third-order valence-corrected chi connectivity index (χ3v) is 5.28. The Bertz CT molecular complexity index is 1230. The summed E-state index contributed by atoms with van der Waals surface area (Å²) in [5.74, 6) is -0.612. The zero-order valence-corrected chi connectivity index (χ0v) is 16.6. The molecule has 6 nitrogen and oxygen atoms in total. The van der Waals surface area contributed by atoms with Crippen LogP contribution in [0.3, 0.4) is 0 Å². The fraction of sp³-hybridized carbons (Fsp3) is 0.0952. The largest absolute Gasteiger partial charge is 0.361 e. The molecule has 0 spiro atoms. The van der Waals surface area contributed by atoms with Gasteiger partial charge in [-0.2, -0.15) is 5.10 Å². The van der Waals surface area contributed by atoms with E-state index in [9.17, 15) is 9.59 Å². The van der Waals surface area contributed by atoms with E-state index < -0.39 is 5.91 Å². The summed E-state index contributed by atoms with van der Waals surface area (Å²) in [5.41, 5.74) is 2.59. The second-order valence-corrected chi connectivity index (χ2v) is 7.37. The van der Waals surface area contributed by atoms with E-state index in [-0.39, 0.29) is 23.7 Å². The highest BCUT2D eigenvalue weighted by atomic mass is 35.5. The van der Waals surface area contributed by atoms with E-state index in [1.165, 1.54) is 12.1 Å². The highest BCUT2D eigenvalue weighted by Crippen LogP contribution is 2.35. The summed E-state index contributed by atoms with van der Waals surface area (Å²) in [5, 5.41) is 11.0. The number of rotatable bonds is 5. The van der Waals surface area contributed by atoms with Crippen molar-refractivity contribution >= 4 is 40.0 Å². The number of nitrogens with zero attached hydrogens (tertiary/aromatic N) is 1. The van der Waals surface area contributed by atoms with Gasteiger partial charge in [0.05, 0.1) is 0 Å². The molecule has 4 aromatic rings. The van der Waals surface area contributed by atoms with Crippen molar-refractivity contribution in [3.05, 3.63) is 98.0 Å². The lowest BCUT2D eigenvalue weighted by Crippen LogP contribution is -2.30. The van der Waals surface area contributed by atoms with Gasteiger partial charge in [-0.3, -0.25) is 9.59 Å². The summed E-state index contributed by atoms with van der Waals surface area (Å²) < 4.78 is 0. The van der Waals surface area contributed by atoms with Crippen LogP contribution in [0, 0.1) is 0 Å². The Morgan fingerprint density at radius 3 is 2.66 bits per heavy atom. The van der Waals surface area contributed by atoms with E-state index in [1.807, 2.05) is 36.5 Å². The van der Waals surface area contributed by atoms with Crippen molar-refractivity contribution in [3.63, 3.8) is 0 Å². The average molecular weight is 427 g/mol. The third-order valence-electron chi connectivity index (χ3n) is 4.71. The molecule has 0 aliphatic carbocycles. The second-order valence-electron chi connectivity index (χ2n) is 6.52. The third kappa shape index (κ3) is 4.04. The number of aromatic amines is 2. The van der Waals surface area contributed by atoms with Gasteiger partial charge in [-0.1, -0.05) is 47.5 Å². The molecule has 0 aliphatic heterocycles. The second kappa shape index (κ2) is 8.11. The summed E-state index contributed by atoms with van der Waals surface area (Å²) in [6.45, 7) is 0.281. The van der Waals surface area contributed by atoms with E-state index in [2.05, 4.69) is 20.5 Å². The Kier molecular flexibility index (Phi) is 5.38. The molecule has 0 aliphatic rings. The molecule has 0 saturated carbocycles. The Morgan fingerprint density at radius 2 is 1.90 bits per heavy atom. The van der Waals surface area contributed by atoms with Crippen LogP contribution >= 0.6 is 23.2 Å². The summed E-state index contributed by atoms with van der Waals surface area (Å²) >= 11 is 12.5. The Morgan fingerprint density at radius 1 is 1.07 bits per heavy atom. The van der Waals surface area contributed by atoms with Crippen LogP contribution in [0.15, 0.2) is 65.6 Å². The average Bonchev–Trinajstić information content (AvgIpc) is 3.14. The van der Waals surface area contributed by atoms with Crippen LogP contribution in [0.5, 0.6) is 0 Å². The van der Waals surface area contributed by atoms with Gasteiger partial charge in [-0.05, 0) is 35.4 Å². The smallest absolute Gasteiger partial charge is 0.271 e. The maximum Gasteiger partial charge on any atom is 0.271 e. The van der Waals surface area contributed by atoms with E-state index in [0.29, 0.717) is 10.0 Å². The fourth-order valence-corrected chi connectivity index (χ4v) is 3.85. The number of halogens is 2. The highest BCUT2D eigenvalue weighted by molar-refractivity contribution is 6.35. The van der Waals surface area contributed by atoms with Gasteiger partial charge in [0, 0.05) is 45.7 Å². The normalized spacial score (nSPS) is 12.1. The standard InChI is InChI=1S/C21H16Cl2N4O2/c22-12-5-6-13(17(23)9-12)15(16-10-24-18-4-2-1-3-14(16)18)11-25-21(29)19-7-8-20(28)27-26-19/h1-10,15,24H,11H2,(H,25,29)(H,27,28). The molecule has 0 radical (unpaired) electrons. The van der Waals surface area contributed by atoms with Crippen molar-refractivity contribution in [3.8, 4) is 0 Å².